The minimum absolute atomic E-state index is 0.501. The standard InChI is InChI=1S/C15H18BNO3/c1-17(14-7-4-8-15(10-14)20-2)11-12-5-3-6-13(9-12)16(18)19/h3-10,18-19H,11H2,1-2H3. The Balaban J connectivity index is 2.14. The summed E-state index contributed by atoms with van der Waals surface area (Å²) in [6.45, 7) is 0.674. The zero-order chi connectivity index (χ0) is 14.5. The summed E-state index contributed by atoms with van der Waals surface area (Å²) < 4.78 is 5.21. The maximum atomic E-state index is 9.19. The van der Waals surface area contributed by atoms with Gasteiger partial charge >= 0.3 is 7.12 Å². The molecule has 104 valence electrons. The molecule has 0 fully saturated rings. The predicted molar refractivity (Wildman–Crippen MR) is 81.4 cm³/mol. The van der Waals surface area contributed by atoms with Crippen LogP contribution in [0.3, 0.4) is 0 Å². The van der Waals surface area contributed by atoms with Gasteiger partial charge in [-0.05, 0) is 23.2 Å². The topological polar surface area (TPSA) is 52.9 Å². The van der Waals surface area contributed by atoms with E-state index < -0.39 is 7.12 Å². The quantitative estimate of drug-likeness (QED) is 0.797. The molecule has 0 unspecified atom stereocenters. The molecule has 0 aromatic heterocycles. The largest absolute Gasteiger partial charge is 0.497 e. The molecule has 0 amide bonds. The normalized spacial score (nSPS) is 10.2. The van der Waals surface area contributed by atoms with Crippen LogP contribution in [0.4, 0.5) is 5.69 Å². The zero-order valence-corrected chi connectivity index (χ0v) is 11.7. The van der Waals surface area contributed by atoms with E-state index in [1.165, 1.54) is 0 Å². The number of nitrogens with zero attached hydrogens (tertiary/aromatic N) is 1. The van der Waals surface area contributed by atoms with Gasteiger partial charge in [-0.2, -0.15) is 0 Å². The highest BCUT2D eigenvalue weighted by Gasteiger charge is 2.11. The van der Waals surface area contributed by atoms with Gasteiger partial charge in [-0.15, -0.1) is 0 Å². The van der Waals surface area contributed by atoms with Crippen molar-refractivity contribution >= 4 is 18.3 Å². The highest BCUT2D eigenvalue weighted by Crippen LogP contribution is 2.21. The first-order chi connectivity index (χ1) is 9.60. The van der Waals surface area contributed by atoms with Crippen molar-refractivity contribution in [2.75, 3.05) is 19.1 Å². The summed E-state index contributed by atoms with van der Waals surface area (Å²) in [7, 11) is 2.19. The van der Waals surface area contributed by atoms with Crippen molar-refractivity contribution in [2.45, 2.75) is 6.54 Å². The molecule has 0 heterocycles. The van der Waals surface area contributed by atoms with Crippen LogP contribution in [-0.4, -0.2) is 31.3 Å². The van der Waals surface area contributed by atoms with Crippen molar-refractivity contribution in [1.82, 2.24) is 0 Å². The zero-order valence-electron chi connectivity index (χ0n) is 11.7. The molecule has 0 radical (unpaired) electrons. The van der Waals surface area contributed by atoms with Crippen LogP contribution in [0, 0.1) is 0 Å². The van der Waals surface area contributed by atoms with Gasteiger partial charge in [-0.3, -0.25) is 0 Å². The number of anilines is 1. The van der Waals surface area contributed by atoms with Crippen LogP contribution in [-0.2, 0) is 6.54 Å². The Morgan fingerprint density at radius 2 is 1.85 bits per heavy atom. The van der Waals surface area contributed by atoms with Crippen molar-refractivity contribution in [3.05, 3.63) is 54.1 Å². The minimum Gasteiger partial charge on any atom is -0.497 e. The summed E-state index contributed by atoms with van der Waals surface area (Å²) in [6.07, 6.45) is 0. The van der Waals surface area contributed by atoms with Gasteiger partial charge in [0.15, 0.2) is 0 Å². The fourth-order valence-electron chi connectivity index (χ4n) is 2.07. The smallest absolute Gasteiger partial charge is 0.488 e. The van der Waals surface area contributed by atoms with Gasteiger partial charge in [0.25, 0.3) is 0 Å². The highest BCUT2D eigenvalue weighted by molar-refractivity contribution is 6.58. The number of rotatable bonds is 5. The average Bonchev–Trinajstić information content (AvgIpc) is 2.47. The molecular formula is C15H18BNO3. The van der Waals surface area contributed by atoms with Crippen molar-refractivity contribution in [3.63, 3.8) is 0 Å². The second kappa shape index (κ2) is 6.46. The molecule has 2 N–H and O–H groups in total. The second-order valence-corrected chi connectivity index (χ2v) is 4.68. The van der Waals surface area contributed by atoms with Crippen LogP contribution in [0.2, 0.25) is 0 Å². The fraction of sp³-hybridized carbons (Fsp3) is 0.200. The van der Waals surface area contributed by atoms with Crippen molar-refractivity contribution in [3.8, 4) is 5.75 Å². The number of ether oxygens (including phenoxy) is 1. The van der Waals surface area contributed by atoms with E-state index in [1.54, 1.807) is 19.2 Å². The van der Waals surface area contributed by atoms with Crippen molar-refractivity contribution in [1.29, 1.82) is 0 Å². The molecule has 4 nitrogen and oxygen atoms in total. The molecule has 0 aliphatic heterocycles. The molecule has 5 heteroatoms. The van der Waals surface area contributed by atoms with E-state index in [0.717, 1.165) is 17.0 Å². The summed E-state index contributed by atoms with van der Waals surface area (Å²) in [4.78, 5) is 2.07. The third-order valence-electron chi connectivity index (χ3n) is 3.16. The molecule has 2 aromatic rings. The summed E-state index contributed by atoms with van der Waals surface area (Å²) in [6, 6.07) is 15.1. The lowest BCUT2D eigenvalue weighted by Crippen LogP contribution is -2.30. The monoisotopic (exact) mass is 271 g/mol. The number of hydrogen-bond donors (Lipinski definition) is 2. The third-order valence-corrected chi connectivity index (χ3v) is 3.16. The lowest BCUT2D eigenvalue weighted by molar-refractivity contribution is 0.415. The Morgan fingerprint density at radius 3 is 2.55 bits per heavy atom. The van der Waals surface area contributed by atoms with Crippen LogP contribution < -0.4 is 15.1 Å². The predicted octanol–water partition coefficient (Wildman–Crippen LogP) is 1.01. The molecule has 2 rings (SSSR count). The molecule has 0 saturated heterocycles. The van der Waals surface area contributed by atoms with E-state index in [2.05, 4.69) is 4.90 Å². The summed E-state index contributed by atoms with van der Waals surface area (Å²) in [5.41, 5.74) is 2.56. The van der Waals surface area contributed by atoms with E-state index in [1.807, 2.05) is 43.4 Å². The van der Waals surface area contributed by atoms with Gasteiger partial charge in [0, 0.05) is 25.3 Å². The fourth-order valence-corrected chi connectivity index (χ4v) is 2.07. The first kappa shape index (κ1) is 14.4. The number of benzene rings is 2. The average molecular weight is 271 g/mol. The number of methoxy groups -OCH3 is 1. The van der Waals surface area contributed by atoms with Gasteiger partial charge < -0.3 is 19.7 Å². The van der Waals surface area contributed by atoms with E-state index in [9.17, 15) is 10.0 Å². The van der Waals surface area contributed by atoms with Gasteiger partial charge in [0.1, 0.15) is 5.75 Å². The lowest BCUT2D eigenvalue weighted by Gasteiger charge is -2.20. The minimum atomic E-state index is -1.43. The Labute approximate surface area is 119 Å². The Hall–Kier alpha value is -1.98. The van der Waals surface area contributed by atoms with E-state index >= 15 is 0 Å². The first-order valence-electron chi connectivity index (χ1n) is 6.40. The van der Waals surface area contributed by atoms with Crippen LogP contribution in [0.25, 0.3) is 0 Å². The van der Waals surface area contributed by atoms with Gasteiger partial charge in [0.2, 0.25) is 0 Å². The van der Waals surface area contributed by atoms with Gasteiger partial charge in [-0.1, -0.05) is 30.3 Å². The molecule has 20 heavy (non-hydrogen) atoms. The van der Waals surface area contributed by atoms with E-state index in [0.29, 0.717) is 12.0 Å². The van der Waals surface area contributed by atoms with Gasteiger partial charge in [-0.25, -0.2) is 0 Å². The lowest BCUT2D eigenvalue weighted by atomic mass is 9.79. The number of hydrogen-bond acceptors (Lipinski definition) is 4. The molecule has 0 saturated carbocycles. The van der Waals surface area contributed by atoms with Crippen LogP contribution in [0.5, 0.6) is 5.75 Å². The molecule has 0 aliphatic rings. The summed E-state index contributed by atoms with van der Waals surface area (Å²) in [5.74, 6) is 0.814. The summed E-state index contributed by atoms with van der Waals surface area (Å²) in [5, 5.41) is 18.4. The Morgan fingerprint density at radius 1 is 1.10 bits per heavy atom. The molecule has 0 atom stereocenters. The summed E-state index contributed by atoms with van der Waals surface area (Å²) >= 11 is 0. The molecule has 0 aliphatic carbocycles. The molecular weight excluding hydrogens is 253 g/mol. The maximum Gasteiger partial charge on any atom is 0.488 e. The molecule has 0 bridgehead atoms. The second-order valence-electron chi connectivity index (χ2n) is 4.68. The van der Waals surface area contributed by atoms with Crippen molar-refractivity contribution < 1.29 is 14.8 Å². The van der Waals surface area contributed by atoms with Crippen LogP contribution >= 0.6 is 0 Å². The van der Waals surface area contributed by atoms with Crippen LogP contribution in [0.15, 0.2) is 48.5 Å². The SMILES string of the molecule is COc1cccc(N(C)Cc2cccc(B(O)O)c2)c1. The van der Waals surface area contributed by atoms with Crippen LogP contribution in [0.1, 0.15) is 5.56 Å². The maximum absolute atomic E-state index is 9.19. The molecule has 2 aromatic carbocycles. The van der Waals surface area contributed by atoms with Gasteiger partial charge in [0.05, 0.1) is 7.11 Å². The third kappa shape index (κ3) is 3.53. The highest BCUT2D eigenvalue weighted by atomic mass is 16.5. The van der Waals surface area contributed by atoms with Crippen molar-refractivity contribution in [2.24, 2.45) is 0 Å². The van der Waals surface area contributed by atoms with E-state index in [-0.39, 0.29) is 0 Å². The van der Waals surface area contributed by atoms with E-state index in [4.69, 9.17) is 4.74 Å². The first-order valence-corrected chi connectivity index (χ1v) is 6.40. The Bertz CT molecular complexity index is 575. The molecule has 0 spiro atoms. The Kier molecular flexibility index (Phi) is 4.66.